The lowest BCUT2D eigenvalue weighted by molar-refractivity contribution is 0.340. The molecule has 0 fully saturated rings. The lowest BCUT2D eigenvalue weighted by atomic mass is 10.3. The Morgan fingerprint density at radius 1 is 0.731 bits per heavy atom. The molecule has 1 N–H and O–H groups in total. The van der Waals surface area contributed by atoms with Gasteiger partial charge in [0.2, 0.25) is 0 Å². The predicted molar refractivity (Wildman–Crippen MR) is 103 cm³/mol. The van der Waals surface area contributed by atoms with Crippen molar-refractivity contribution in [3.8, 4) is 17.2 Å². The number of hydrogen-bond acceptors (Lipinski definition) is 4. The van der Waals surface area contributed by atoms with Gasteiger partial charge in [0.25, 0.3) is 0 Å². The number of anilines is 1. The van der Waals surface area contributed by atoms with Crippen LogP contribution in [0.25, 0.3) is 0 Å². The lowest BCUT2D eigenvalue weighted by Gasteiger charge is -2.21. The van der Waals surface area contributed by atoms with E-state index < -0.39 is 7.75 Å². The Kier molecular flexibility index (Phi) is 5.82. The highest BCUT2D eigenvalue weighted by molar-refractivity contribution is 7.56. The van der Waals surface area contributed by atoms with Gasteiger partial charge in [-0.2, -0.15) is 0 Å². The standard InChI is InChI=1S/C20H20NO4P/c1-2-23-18-15-13-17(14-16-18)21-26(22,24-19-9-5-3-6-10-19)25-20-11-7-4-8-12-20/h3-16H,2H2,1H3,(H,21,22). The highest BCUT2D eigenvalue weighted by Gasteiger charge is 2.29. The minimum absolute atomic E-state index is 0.449. The highest BCUT2D eigenvalue weighted by Crippen LogP contribution is 2.48. The summed E-state index contributed by atoms with van der Waals surface area (Å²) in [6.45, 7) is 2.50. The van der Waals surface area contributed by atoms with Gasteiger partial charge in [-0.25, -0.2) is 4.57 Å². The van der Waals surface area contributed by atoms with Crippen LogP contribution in [0.5, 0.6) is 17.2 Å². The minimum atomic E-state index is -3.71. The molecule has 134 valence electrons. The zero-order valence-corrected chi connectivity index (χ0v) is 15.3. The van der Waals surface area contributed by atoms with E-state index in [1.165, 1.54) is 0 Å². The number of nitrogens with one attached hydrogen (secondary N) is 1. The number of ether oxygens (including phenoxy) is 1. The summed E-state index contributed by atoms with van der Waals surface area (Å²) < 4.78 is 30.1. The molecule has 5 nitrogen and oxygen atoms in total. The maximum Gasteiger partial charge on any atom is 0.541 e. The van der Waals surface area contributed by atoms with Crippen molar-refractivity contribution in [2.24, 2.45) is 0 Å². The van der Waals surface area contributed by atoms with E-state index >= 15 is 0 Å². The Hall–Kier alpha value is -2.91. The van der Waals surface area contributed by atoms with Crippen LogP contribution in [0.3, 0.4) is 0 Å². The van der Waals surface area contributed by atoms with Gasteiger partial charge in [-0.1, -0.05) is 36.4 Å². The minimum Gasteiger partial charge on any atom is -0.494 e. The first-order valence-corrected chi connectivity index (χ1v) is 9.81. The van der Waals surface area contributed by atoms with Gasteiger partial charge in [-0.3, -0.25) is 5.09 Å². The van der Waals surface area contributed by atoms with Crippen LogP contribution in [0.4, 0.5) is 5.69 Å². The molecule has 0 saturated carbocycles. The van der Waals surface area contributed by atoms with Crippen LogP contribution < -0.4 is 18.9 Å². The smallest absolute Gasteiger partial charge is 0.494 e. The van der Waals surface area contributed by atoms with Gasteiger partial charge in [0.05, 0.1) is 6.61 Å². The van der Waals surface area contributed by atoms with Crippen molar-refractivity contribution in [2.75, 3.05) is 11.7 Å². The third-order valence-electron chi connectivity index (χ3n) is 3.37. The molecule has 0 aromatic heterocycles. The van der Waals surface area contributed by atoms with Crippen LogP contribution in [-0.4, -0.2) is 6.61 Å². The van der Waals surface area contributed by atoms with Gasteiger partial charge in [0.15, 0.2) is 0 Å². The molecule has 0 amide bonds. The SMILES string of the molecule is CCOc1ccc(NP(=O)(Oc2ccccc2)Oc2ccccc2)cc1. The third-order valence-corrected chi connectivity index (χ3v) is 4.80. The van der Waals surface area contributed by atoms with Crippen molar-refractivity contribution >= 4 is 13.4 Å². The first-order chi connectivity index (χ1) is 12.7. The van der Waals surface area contributed by atoms with E-state index in [2.05, 4.69) is 5.09 Å². The third kappa shape index (κ3) is 5.04. The molecule has 0 bridgehead atoms. The number of hydrogen-bond donors (Lipinski definition) is 1. The van der Waals surface area contributed by atoms with Crippen LogP contribution in [-0.2, 0) is 4.57 Å². The molecule has 3 aromatic rings. The average Bonchev–Trinajstić information content (AvgIpc) is 2.65. The van der Waals surface area contributed by atoms with E-state index in [-0.39, 0.29) is 0 Å². The molecule has 0 aliphatic rings. The molecule has 0 heterocycles. The second-order valence-electron chi connectivity index (χ2n) is 5.38. The van der Waals surface area contributed by atoms with Crippen molar-refractivity contribution in [1.82, 2.24) is 0 Å². The van der Waals surface area contributed by atoms with E-state index in [0.717, 1.165) is 5.75 Å². The fourth-order valence-electron chi connectivity index (χ4n) is 2.26. The molecular weight excluding hydrogens is 349 g/mol. The van der Waals surface area contributed by atoms with Gasteiger partial charge < -0.3 is 13.8 Å². The van der Waals surface area contributed by atoms with E-state index in [1.54, 1.807) is 72.8 Å². The van der Waals surface area contributed by atoms with Crippen LogP contribution in [0.15, 0.2) is 84.9 Å². The molecule has 0 atom stereocenters. The molecule has 3 aromatic carbocycles. The Labute approximate surface area is 153 Å². The summed E-state index contributed by atoms with van der Waals surface area (Å²) in [4.78, 5) is 0. The summed E-state index contributed by atoms with van der Waals surface area (Å²) in [5, 5.41) is 2.88. The topological polar surface area (TPSA) is 56.8 Å². The van der Waals surface area contributed by atoms with Gasteiger partial charge in [-0.05, 0) is 55.5 Å². The molecule has 3 rings (SSSR count). The second-order valence-corrected chi connectivity index (χ2v) is 6.96. The van der Waals surface area contributed by atoms with E-state index in [9.17, 15) is 4.57 Å². The Morgan fingerprint density at radius 2 is 1.23 bits per heavy atom. The first kappa shape index (κ1) is 17.9. The summed E-state index contributed by atoms with van der Waals surface area (Å²) >= 11 is 0. The van der Waals surface area contributed by atoms with E-state index in [1.807, 2.05) is 19.1 Å². The van der Waals surface area contributed by atoms with Crippen LogP contribution in [0.2, 0.25) is 0 Å². The fourth-order valence-corrected chi connectivity index (χ4v) is 3.65. The number of benzene rings is 3. The summed E-state index contributed by atoms with van der Waals surface area (Å²) in [5.41, 5.74) is 0.601. The number of para-hydroxylation sites is 2. The Morgan fingerprint density at radius 3 is 1.69 bits per heavy atom. The molecule has 26 heavy (non-hydrogen) atoms. The van der Waals surface area contributed by atoms with Crippen molar-refractivity contribution in [2.45, 2.75) is 6.92 Å². The molecule has 0 spiro atoms. The van der Waals surface area contributed by atoms with Crippen molar-refractivity contribution in [1.29, 1.82) is 0 Å². The van der Waals surface area contributed by atoms with Gasteiger partial charge >= 0.3 is 7.75 Å². The fraction of sp³-hybridized carbons (Fsp3) is 0.100. The van der Waals surface area contributed by atoms with Gasteiger partial charge in [0.1, 0.15) is 17.2 Å². The number of rotatable bonds is 8. The van der Waals surface area contributed by atoms with Gasteiger partial charge in [-0.15, -0.1) is 0 Å². The first-order valence-electron chi connectivity index (χ1n) is 8.27. The average molecular weight is 369 g/mol. The molecular formula is C20H20NO4P. The summed E-state index contributed by atoms with van der Waals surface area (Å²) in [6.07, 6.45) is 0. The Bertz CT molecular complexity index is 808. The normalized spacial score (nSPS) is 10.8. The molecule has 0 saturated heterocycles. The lowest BCUT2D eigenvalue weighted by Crippen LogP contribution is -2.09. The monoisotopic (exact) mass is 369 g/mol. The zero-order chi connectivity index (χ0) is 18.2. The summed E-state index contributed by atoms with van der Waals surface area (Å²) in [5.74, 6) is 1.64. The molecule has 0 aliphatic heterocycles. The zero-order valence-electron chi connectivity index (χ0n) is 14.4. The summed E-state index contributed by atoms with van der Waals surface area (Å²) in [6, 6.07) is 24.9. The predicted octanol–water partition coefficient (Wildman–Crippen LogP) is 5.76. The van der Waals surface area contributed by atoms with Crippen LogP contribution >= 0.6 is 7.75 Å². The van der Waals surface area contributed by atoms with E-state index in [4.69, 9.17) is 13.8 Å². The Balaban J connectivity index is 1.83. The largest absolute Gasteiger partial charge is 0.541 e. The summed E-state index contributed by atoms with van der Waals surface area (Å²) in [7, 11) is -3.71. The van der Waals surface area contributed by atoms with Crippen molar-refractivity contribution < 1.29 is 18.3 Å². The van der Waals surface area contributed by atoms with E-state index in [0.29, 0.717) is 23.8 Å². The van der Waals surface area contributed by atoms with Crippen molar-refractivity contribution in [3.05, 3.63) is 84.9 Å². The maximum absolute atomic E-state index is 13.3. The molecule has 0 aliphatic carbocycles. The highest BCUT2D eigenvalue weighted by atomic mass is 31.2. The van der Waals surface area contributed by atoms with Crippen LogP contribution in [0.1, 0.15) is 6.92 Å². The maximum atomic E-state index is 13.3. The molecule has 0 radical (unpaired) electrons. The van der Waals surface area contributed by atoms with Crippen molar-refractivity contribution in [3.63, 3.8) is 0 Å². The van der Waals surface area contributed by atoms with Crippen LogP contribution in [0, 0.1) is 0 Å². The van der Waals surface area contributed by atoms with Gasteiger partial charge in [0, 0.05) is 5.69 Å². The quantitative estimate of drug-likeness (QED) is 0.511. The molecule has 0 unspecified atom stereocenters. The second kappa shape index (κ2) is 8.45. The molecule has 6 heteroatoms.